The standard InChI is InChI=1S/C12H6NO2.3C4H9.Sn/c14-11-8-5-1-3-7-4-2-6-9(10(7)8)12(15)13-11;3*1-3-4-2;/h1-3,5-6H,(H,13,14,15);3*1,3-4H2,2H3;. The van der Waals surface area contributed by atoms with Crippen LogP contribution in [0.15, 0.2) is 30.3 Å². The van der Waals surface area contributed by atoms with Crippen LogP contribution in [0.2, 0.25) is 13.3 Å². The number of carbonyl (C=O) groups excluding carboxylic acids is 2. The Kier molecular flexibility index (Phi) is 7.19. The fourth-order valence-corrected chi connectivity index (χ4v) is 21.6. The Morgan fingerprint density at radius 2 is 1.29 bits per heavy atom. The van der Waals surface area contributed by atoms with Crippen molar-refractivity contribution in [2.45, 2.75) is 72.6 Å². The van der Waals surface area contributed by atoms with Crippen LogP contribution >= 0.6 is 0 Å². The molecule has 1 aliphatic rings. The number of hydrogen-bond donors (Lipinski definition) is 1. The quantitative estimate of drug-likeness (QED) is 0.342. The molecule has 1 N–H and O–H groups in total. The molecule has 150 valence electrons. The summed E-state index contributed by atoms with van der Waals surface area (Å²) in [5.41, 5.74) is 1.33. The number of rotatable bonds is 10. The average Bonchev–Trinajstić information content (AvgIpc) is 2.71. The van der Waals surface area contributed by atoms with E-state index < -0.39 is 18.4 Å². The van der Waals surface area contributed by atoms with Gasteiger partial charge in [-0.1, -0.05) is 0 Å². The molecular weight excluding hydrogens is 453 g/mol. The Bertz CT molecular complexity index is 832. The van der Waals surface area contributed by atoms with Crippen molar-refractivity contribution in [2.75, 3.05) is 0 Å². The van der Waals surface area contributed by atoms with E-state index in [1.165, 1.54) is 57.2 Å². The molecule has 4 heteroatoms. The van der Waals surface area contributed by atoms with Crippen molar-refractivity contribution in [2.24, 2.45) is 0 Å². The Balaban J connectivity index is 2.24. The molecule has 1 heterocycles. The Morgan fingerprint density at radius 3 is 1.82 bits per heavy atom. The van der Waals surface area contributed by atoms with Crippen molar-refractivity contribution in [1.82, 2.24) is 5.32 Å². The molecule has 2 aromatic rings. The summed E-state index contributed by atoms with van der Waals surface area (Å²) in [5.74, 6) is -0.506. The maximum atomic E-state index is 12.4. The van der Waals surface area contributed by atoms with Gasteiger partial charge in [-0.05, 0) is 0 Å². The number of imide groups is 1. The van der Waals surface area contributed by atoms with Gasteiger partial charge in [-0.3, -0.25) is 0 Å². The first-order valence-electron chi connectivity index (χ1n) is 11.0. The predicted octanol–water partition coefficient (Wildman–Crippen LogP) is 5.78. The van der Waals surface area contributed by atoms with Crippen LogP contribution in [0.5, 0.6) is 0 Å². The molecule has 1 aliphatic heterocycles. The van der Waals surface area contributed by atoms with Crippen molar-refractivity contribution < 1.29 is 9.59 Å². The molecule has 2 aromatic carbocycles. The molecule has 3 rings (SSSR count). The van der Waals surface area contributed by atoms with Crippen LogP contribution in [0.1, 0.15) is 80.0 Å². The molecule has 0 bridgehead atoms. The number of hydrogen-bond acceptors (Lipinski definition) is 2. The van der Waals surface area contributed by atoms with E-state index in [9.17, 15) is 9.59 Å². The average molecular weight is 486 g/mol. The first-order valence-corrected chi connectivity index (χ1v) is 18.5. The fraction of sp³-hybridized carbons (Fsp3) is 0.500. The summed E-state index contributed by atoms with van der Waals surface area (Å²) in [6.07, 6.45) is 7.60. The summed E-state index contributed by atoms with van der Waals surface area (Å²) in [7, 11) is 0. The van der Waals surface area contributed by atoms with Crippen molar-refractivity contribution in [1.29, 1.82) is 0 Å². The van der Waals surface area contributed by atoms with Crippen LogP contribution in [0.25, 0.3) is 10.8 Å². The number of benzene rings is 2. The van der Waals surface area contributed by atoms with Gasteiger partial charge in [0.15, 0.2) is 0 Å². The summed E-state index contributed by atoms with van der Waals surface area (Å²) in [6, 6.07) is 10.3. The normalized spacial score (nSPS) is 13.8. The molecule has 0 aromatic heterocycles. The van der Waals surface area contributed by atoms with E-state index in [4.69, 9.17) is 0 Å². The zero-order valence-corrected chi connectivity index (χ0v) is 20.4. The summed E-state index contributed by atoms with van der Waals surface area (Å²) in [5, 5.41) is 4.59. The van der Waals surface area contributed by atoms with Crippen LogP contribution in [-0.2, 0) is 0 Å². The summed E-state index contributed by atoms with van der Waals surface area (Å²) < 4.78 is 5.69. The van der Waals surface area contributed by atoms with Gasteiger partial charge >= 0.3 is 174 Å². The topological polar surface area (TPSA) is 46.2 Å². The molecule has 2 amide bonds. The monoisotopic (exact) mass is 487 g/mol. The minimum atomic E-state index is -2.66. The van der Waals surface area contributed by atoms with E-state index >= 15 is 0 Å². The Hall–Kier alpha value is -1.36. The van der Waals surface area contributed by atoms with E-state index in [-0.39, 0.29) is 11.8 Å². The third-order valence-electron chi connectivity index (χ3n) is 6.35. The van der Waals surface area contributed by atoms with Crippen molar-refractivity contribution in [3.63, 3.8) is 0 Å². The van der Waals surface area contributed by atoms with Crippen molar-refractivity contribution in [3.8, 4) is 0 Å². The van der Waals surface area contributed by atoms with Crippen LogP contribution in [0, 0.1) is 0 Å². The van der Waals surface area contributed by atoms with Gasteiger partial charge in [0, 0.05) is 0 Å². The fourth-order valence-electron chi connectivity index (χ4n) is 4.81. The van der Waals surface area contributed by atoms with Crippen LogP contribution in [0.4, 0.5) is 0 Å². The zero-order chi connectivity index (χ0) is 20.1. The first-order chi connectivity index (χ1) is 13.6. The van der Waals surface area contributed by atoms with Gasteiger partial charge < -0.3 is 0 Å². The summed E-state index contributed by atoms with van der Waals surface area (Å²) in [6.45, 7) is 6.87. The number of nitrogens with one attached hydrogen (secondary N) is 1. The molecule has 3 nitrogen and oxygen atoms in total. The summed E-state index contributed by atoms with van der Waals surface area (Å²) >= 11 is -2.66. The number of amides is 2. The molecule has 0 spiro atoms. The number of unbranched alkanes of at least 4 members (excludes halogenated alkanes) is 3. The predicted molar refractivity (Wildman–Crippen MR) is 120 cm³/mol. The van der Waals surface area contributed by atoms with Crippen molar-refractivity contribution in [3.05, 3.63) is 41.5 Å². The van der Waals surface area contributed by atoms with Gasteiger partial charge in [-0.25, -0.2) is 0 Å². The maximum absolute atomic E-state index is 12.4. The second-order valence-electron chi connectivity index (χ2n) is 8.26. The van der Waals surface area contributed by atoms with E-state index in [1.807, 2.05) is 18.2 Å². The van der Waals surface area contributed by atoms with E-state index in [0.717, 1.165) is 5.39 Å². The molecule has 28 heavy (non-hydrogen) atoms. The second-order valence-corrected chi connectivity index (χ2v) is 21.4. The van der Waals surface area contributed by atoms with Gasteiger partial charge in [0.25, 0.3) is 0 Å². The molecule has 0 saturated heterocycles. The third kappa shape index (κ3) is 4.00. The SMILES string of the molecule is CCC[CH2][Sn]([CH2]CCC)([CH2]CCC)[c]1ccc2c3c(cccc13)C(=O)NC2=O. The van der Waals surface area contributed by atoms with Gasteiger partial charge in [0.05, 0.1) is 0 Å². The Labute approximate surface area is 173 Å². The molecular formula is C24H33NO2Sn. The van der Waals surface area contributed by atoms with E-state index in [1.54, 1.807) is 3.58 Å². The van der Waals surface area contributed by atoms with E-state index in [2.05, 4.69) is 38.2 Å². The second kappa shape index (κ2) is 9.42. The van der Waals surface area contributed by atoms with Gasteiger partial charge in [-0.2, -0.15) is 0 Å². The van der Waals surface area contributed by atoms with Crippen LogP contribution < -0.4 is 8.90 Å². The van der Waals surface area contributed by atoms with E-state index in [0.29, 0.717) is 11.1 Å². The molecule has 0 aliphatic carbocycles. The van der Waals surface area contributed by atoms with Gasteiger partial charge in [0.2, 0.25) is 0 Å². The van der Waals surface area contributed by atoms with Crippen molar-refractivity contribution >= 4 is 44.5 Å². The Morgan fingerprint density at radius 1 is 0.750 bits per heavy atom. The summed E-state index contributed by atoms with van der Waals surface area (Å²) in [4.78, 5) is 24.9. The molecule has 0 radical (unpaired) electrons. The third-order valence-corrected chi connectivity index (χ3v) is 22.1. The molecule has 0 fully saturated rings. The molecule has 0 unspecified atom stereocenters. The zero-order valence-electron chi connectivity index (χ0n) is 17.6. The number of carbonyl (C=O) groups is 2. The minimum absolute atomic E-state index is 0.253. The molecule has 0 atom stereocenters. The van der Waals surface area contributed by atoms with Gasteiger partial charge in [-0.15, -0.1) is 0 Å². The van der Waals surface area contributed by atoms with Gasteiger partial charge in [0.1, 0.15) is 0 Å². The molecule has 0 saturated carbocycles. The van der Waals surface area contributed by atoms with Crippen LogP contribution in [-0.4, -0.2) is 30.2 Å². The first kappa shape index (κ1) is 21.4. The van der Waals surface area contributed by atoms with Crippen LogP contribution in [0.3, 0.4) is 0 Å².